The molecule has 2 rings (SSSR count). The van der Waals surface area contributed by atoms with Crippen LogP contribution in [0.3, 0.4) is 0 Å². The molecule has 0 spiro atoms. The molecule has 0 saturated heterocycles. The van der Waals surface area contributed by atoms with Gasteiger partial charge in [0.1, 0.15) is 5.82 Å². The van der Waals surface area contributed by atoms with Gasteiger partial charge in [-0.1, -0.05) is 32.0 Å². The molecule has 0 aromatic heterocycles. The van der Waals surface area contributed by atoms with Crippen LogP contribution < -0.4 is 5.32 Å². The third kappa shape index (κ3) is 1.99. The first-order valence-corrected chi connectivity index (χ1v) is 6.16. The third-order valence-electron chi connectivity index (χ3n) is 3.73. The Morgan fingerprint density at radius 3 is 2.69 bits per heavy atom. The van der Waals surface area contributed by atoms with E-state index in [2.05, 4.69) is 19.2 Å². The van der Waals surface area contributed by atoms with Crippen LogP contribution in [0.5, 0.6) is 0 Å². The van der Waals surface area contributed by atoms with E-state index >= 15 is 0 Å². The second-order valence-electron chi connectivity index (χ2n) is 4.92. The summed E-state index contributed by atoms with van der Waals surface area (Å²) in [6.07, 6.45) is 2.23. The fourth-order valence-corrected chi connectivity index (χ4v) is 2.56. The highest BCUT2D eigenvalue weighted by Gasteiger charge is 2.52. The van der Waals surface area contributed by atoms with Gasteiger partial charge >= 0.3 is 0 Å². The Morgan fingerprint density at radius 1 is 1.44 bits per heavy atom. The van der Waals surface area contributed by atoms with Crippen LogP contribution in [0.25, 0.3) is 0 Å². The molecule has 0 amide bonds. The van der Waals surface area contributed by atoms with Gasteiger partial charge in [-0.15, -0.1) is 0 Å². The molecule has 2 heteroatoms. The van der Waals surface area contributed by atoms with Crippen LogP contribution in [0, 0.1) is 11.7 Å². The number of halogens is 1. The monoisotopic (exact) mass is 221 g/mol. The number of rotatable bonds is 5. The molecule has 1 aromatic rings. The smallest absolute Gasteiger partial charge is 0.127 e. The fourth-order valence-electron chi connectivity index (χ4n) is 2.56. The Hall–Kier alpha value is -0.890. The first-order chi connectivity index (χ1) is 7.70. The lowest BCUT2D eigenvalue weighted by atomic mass is 9.93. The highest BCUT2D eigenvalue weighted by Crippen LogP contribution is 2.54. The highest BCUT2D eigenvalue weighted by molar-refractivity contribution is 5.35. The molecule has 1 aliphatic rings. The molecule has 1 aromatic carbocycles. The summed E-state index contributed by atoms with van der Waals surface area (Å²) in [7, 11) is 0. The molecule has 2 unspecified atom stereocenters. The molecule has 1 saturated carbocycles. The van der Waals surface area contributed by atoms with Crippen molar-refractivity contribution in [3.8, 4) is 0 Å². The molecule has 0 heterocycles. The van der Waals surface area contributed by atoms with Crippen LogP contribution in [-0.2, 0) is 5.41 Å². The van der Waals surface area contributed by atoms with Crippen molar-refractivity contribution in [2.75, 3.05) is 13.1 Å². The molecule has 1 N–H and O–H groups in total. The van der Waals surface area contributed by atoms with Gasteiger partial charge < -0.3 is 5.32 Å². The van der Waals surface area contributed by atoms with Crippen LogP contribution >= 0.6 is 0 Å². The minimum Gasteiger partial charge on any atom is -0.316 e. The summed E-state index contributed by atoms with van der Waals surface area (Å²) < 4.78 is 13.8. The fraction of sp³-hybridized carbons (Fsp3) is 0.571. The number of benzene rings is 1. The molecule has 88 valence electrons. The van der Waals surface area contributed by atoms with E-state index in [0.717, 1.165) is 31.5 Å². The Bertz CT molecular complexity index is 364. The van der Waals surface area contributed by atoms with Gasteiger partial charge in [0.15, 0.2) is 0 Å². The van der Waals surface area contributed by atoms with Crippen molar-refractivity contribution >= 4 is 0 Å². The highest BCUT2D eigenvalue weighted by atomic mass is 19.1. The molecular weight excluding hydrogens is 201 g/mol. The Balaban J connectivity index is 2.13. The van der Waals surface area contributed by atoms with Gasteiger partial charge in [-0.25, -0.2) is 4.39 Å². The average Bonchev–Trinajstić information content (AvgIpc) is 2.91. The molecule has 1 nitrogen and oxygen atoms in total. The molecule has 1 aliphatic carbocycles. The summed E-state index contributed by atoms with van der Waals surface area (Å²) in [6.45, 7) is 6.28. The average molecular weight is 221 g/mol. The van der Waals surface area contributed by atoms with E-state index in [1.54, 1.807) is 12.1 Å². The molecule has 0 aliphatic heterocycles. The number of hydrogen-bond donors (Lipinski definition) is 1. The summed E-state index contributed by atoms with van der Waals surface area (Å²) in [5, 5.41) is 3.43. The van der Waals surface area contributed by atoms with Gasteiger partial charge in [0.25, 0.3) is 0 Å². The van der Waals surface area contributed by atoms with Gasteiger partial charge in [-0.3, -0.25) is 0 Å². The van der Waals surface area contributed by atoms with E-state index in [1.807, 2.05) is 12.1 Å². The van der Waals surface area contributed by atoms with Crippen molar-refractivity contribution in [2.45, 2.75) is 32.1 Å². The maximum atomic E-state index is 13.8. The van der Waals surface area contributed by atoms with Crippen molar-refractivity contribution in [1.29, 1.82) is 0 Å². The first kappa shape index (κ1) is 11.6. The molecule has 2 atom stereocenters. The molecule has 1 fully saturated rings. The minimum atomic E-state index is -0.0508. The van der Waals surface area contributed by atoms with E-state index in [-0.39, 0.29) is 11.2 Å². The topological polar surface area (TPSA) is 12.0 Å². The van der Waals surface area contributed by atoms with Crippen LogP contribution in [-0.4, -0.2) is 13.1 Å². The van der Waals surface area contributed by atoms with Crippen molar-refractivity contribution < 1.29 is 4.39 Å². The van der Waals surface area contributed by atoms with E-state index < -0.39 is 0 Å². The SMILES string of the molecule is CCCNCC1(c2ccccc2F)CC1C. The minimum absolute atomic E-state index is 0.0508. The van der Waals surface area contributed by atoms with E-state index in [1.165, 1.54) is 0 Å². The largest absolute Gasteiger partial charge is 0.316 e. The second kappa shape index (κ2) is 4.54. The molecule has 0 bridgehead atoms. The Labute approximate surface area is 97.1 Å². The Morgan fingerprint density at radius 2 is 2.12 bits per heavy atom. The zero-order valence-electron chi connectivity index (χ0n) is 10.1. The lowest BCUT2D eigenvalue weighted by Gasteiger charge is -2.18. The summed E-state index contributed by atoms with van der Waals surface area (Å²) in [5.74, 6) is 0.541. The molecular formula is C14H20FN. The van der Waals surface area contributed by atoms with Crippen LogP contribution in [0.4, 0.5) is 4.39 Å². The normalized spacial score (nSPS) is 28.1. The van der Waals surface area contributed by atoms with Crippen LogP contribution in [0.15, 0.2) is 24.3 Å². The Kier molecular flexibility index (Phi) is 3.29. The lowest BCUT2D eigenvalue weighted by molar-refractivity contribution is 0.507. The molecule has 0 radical (unpaired) electrons. The zero-order valence-corrected chi connectivity index (χ0v) is 10.1. The second-order valence-corrected chi connectivity index (χ2v) is 4.92. The predicted octanol–water partition coefficient (Wildman–Crippen LogP) is 3.10. The quantitative estimate of drug-likeness (QED) is 0.753. The number of nitrogens with one attached hydrogen (secondary N) is 1. The maximum absolute atomic E-state index is 13.8. The van der Waals surface area contributed by atoms with Gasteiger partial charge in [0.05, 0.1) is 0 Å². The van der Waals surface area contributed by atoms with Gasteiger partial charge in [-0.2, -0.15) is 0 Å². The van der Waals surface area contributed by atoms with Crippen molar-refractivity contribution in [2.24, 2.45) is 5.92 Å². The van der Waals surface area contributed by atoms with E-state index in [4.69, 9.17) is 0 Å². The number of hydrogen-bond acceptors (Lipinski definition) is 1. The summed E-state index contributed by atoms with van der Waals surface area (Å²) in [4.78, 5) is 0. The van der Waals surface area contributed by atoms with Crippen LogP contribution in [0.1, 0.15) is 32.3 Å². The summed E-state index contributed by atoms with van der Waals surface area (Å²) >= 11 is 0. The third-order valence-corrected chi connectivity index (χ3v) is 3.73. The van der Waals surface area contributed by atoms with Crippen molar-refractivity contribution in [1.82, 2.24) is 5.32 Å². The zero-order chi connectivity index (χ0) is 11.6. The summed E-state index contributed by atoms with van der Waals surface area (Å²) in [5.41, 5.74) is 0.951. The lowest BCUT2D eigenvalue weighted by Crippen LogP contribution is -2.29. The van der Waals surface area contributed by atoms with Gasteiger partial charge in [0, 0.05) is 12.0 Å². The van der Waals surface area contributed by atoms with E-state index in [9.17, 15) is 4.39 Å². The first-order valence-electron chi connectivity index (χ1n) is 6.16. The molecule has 16 heavy (non-hydrogen) atoms. The van der Waals surface area contributed by atoms with Gasteiger partial charge in [0.2, 0.25) is 0 Å². The van der Waals surface area contributed by atoms with Gasteiger partial charge in [-0.05, 0) is 36.9 Å². The predicted molar refractivity (Wildman–Crippen MR) is 65.0 cm³/mol. The standard InChI is InChI=1S/C14H20FN/c1-3-8-16-10-14(9-11(14)2)12-6-4-5-7-13(12)15/h4-7,11,16H,3,8-10H2,1-2H3. The summed E-state index contributed by atoms with van der Waals surface area (Å²) in [6, 6.07) is 7.21. The van der Waals surface area contributed by atoms with Crippen LogP contribution in [0.2, 0.25) is 0 Å². The van der Waals surface area contributed by atoms with Crippen molar-refractivity contribution in [3.05, 3.63) is 35.6 Å². The maximum Gasteiger partial charge on any atom is 0.127 e. The van der Waals surface area contributed by atoms with E-state index in [0.29, 0.717) is 5.92 Å². The van der Waals surface area contributed by atoms with Crippen molar-refractivity contribution in [3.63, 3.8) is 0 Å².